The maximum absolute atomic E-state index is 12.8. The van der Waals surface area contributed by atoms with Crippen LogP contribution in [0, 0.1) is 5.82 Å². The van der Waals surface area contributed by atoms with Crippen molar-refractivity contribution in [2.24, 2.45) is 5.10 Å². The molecule has 0 saturated carbocycles. The topological polar surface area (TPSA) is 69.1 Å². The highest BCUT2D eigenvalue weighted by Gasteiger charge is 2.06. The first-order valence-electron chi connectivity index (χ1n) is 6.28. The van der Waals surface area contributed by atoms with E-state index >= 15 is 0 Å². The summed E-state index contributed by atoms with van der Waals surface area (Å²) in [6, 6.07) is 11.6. The van der Waals surface area contributed by atoms with Crippen LogP contribution in [0.15, 0.2) is 60.0 Å². The summed E-state index contributed by atoms with van der Waals surface area (Å²) in [4.78, 5) is 8.42. The maximum Gasteiger partial charge on any atom is 0.221 e. The van der Waals surface area contributed by atoms with Crippen molar-refractivity contribution >= 4 is 12.2 Å². The van der Waals surface area contributed by atoms with Gasteiger partial charge in [-0.1, -0.05) is 18.2 Å². The maximum atomic E-state index is 12.8. The second kappa shape index (κ2) is 5.54. The van der Waals surface area contributed by atoms with Gasteiger partial charge in [-0.05, 0) is 29.8 Å². The van der Waals surface area contributed by atoms with Gasteiger partial charge in [0, 0.05) is 6.20 Å². The summed E-state index contributed by atoms with van der Waals surface area (Å²) in [7, 11) is 0. The summed E-state index contributed by atoms with van der Waals surface area (Å²) >= 11 is 0. The van der Waals surface area contributed by atoms with Crippen molar-refractivity contribution in [2.45, 2.75) is 0 Å². The van der Waals surface area contributed by atoms with Gasteiger partial charge in [0.1, 0.15) is 11.5 Å². The second-order valence-corrected chi connectivity index (χ2v) is 4.34. The third kappa shape index (κ3) is 2.94. The third-order valence-corrected chi connectivity index (χ3v) is 2.84. The molecular formula is C15H12FN5. The van der Waals surface area contributed by atoms with Crippen LogP contribution in [0.5, 0.6) is 0 Å². The van der Waals surface area contributed by atoms with Crippen molar-refractivity contribution < 1.29 is 4.39 Å². The Labute approximate surface area is 120 Å². The molecule has 1 aromatic carbocycles. The highest BCUT2D eigenvalue weighted by molar-refractivity contribution is 5.79. The number of nitrogens with two attached hydrogens (primary N) is 1. The minimum Gasteiger partial charge on any atom is -0.368 e. The predicted octanol–water partition coefficient (Wildman–Crippen LogP) is 2.55. The Morgan fingerprint density at radius 2 is 1.90 bits per heavy atom. The fourth-order valence-electron chi connectivity index (χ4n) is 1.79. The van der Waals surface area contributed by atoms with Crippen LogP contribution in [-0.4, -0.2) is 20.9 Å². The number of imidazole rings is 1. The molecule has 2 aromatic heterocycles. The largest absolute Gasteiger partial charge is 0.368 e. The zero-order valence-corrected chi connectivity index (χ0v) is 11.0. The van der Waals surface area contributed by atoms with Crippen LogP contribution in [0.1, 0.15) is 5.56 Å². The number of pyridine rings is 1. The van der Waals surface area contributed by atoms with E-state index in [-0.39, 0.29) is 11.8 Å². The molecule has 3 aromatic rings. The molecule has 0 fully saturated rings. The molecule has 0 unspecified atom stereocenters. The lowest BCUT2D eigenvalue weighted by Crippen LogP contribution is -1.96. The molecule has 21 heavy (non-hydrogen) atoms. The molecule has 6 heteroatoms. The third-order valence-electron chi connectivity index (χ3n) is 2.84. The SMILES string of the molecule is Nc1nc(-c2ccccn2)cn1/N=C\c1ccc(F)cc1. The van der Waals surface area contributed by atoms with E-state index in [1.54, 1.807) is 30.7 Å². The van der Waals surface area contributed by atoms with Gasteiger partial charge in [-0.25, -0.2) is 14.1 Å². The summed E-state index contributed by atoms with van der Waals surface area (Å²) in [5, 5.41) is 4.21. The smallest absolute Gasteiger partial charge is 0.221 e. The summed E-state index contributed by atoms with van der Waals surface area (Å²) in [6.45, 7) is 0. The summed E-state index contributed by atoms with van der Waals surface area (Å²) in [6.07, 6.45) is 4.96. The molecule has 2 N–H and O–H groups in total. The first-order chi connectivity index (χ1) is 10.2. The van der Waals surface area contributed by atoms with Crippen molar-refractivity contribution in [1.82, 2.24) is 14.6 Å². The summed E-state index contributed by atoms with van der Waals surface area (Å²) in [5.74, 6) is -0.0271. The molecule has 0 aliphatic heterocycles. The predicted molar refractivity (Wildman–Crippen MR) is 79.3 cm³/mol. The minimum absolute atomic E-state index is 0.258. The highest BCUT2D eigenvalue weighted by Crippen LogP contribution is 2.16. The van der Waals surface area contributed by atoms with Gasteiger partial charge in [0.25, 0.3) is 0 Å². The van der Waals surface area contributed by atoms with E-state index in [2.05, 4.69) is 15.1 Å². The lowest BCUT2D eigenvalue weighted by atomic mass is 10.2. The number of hydrogen-bond acceptors (Lipinski definition) is 4. The minimum atomic E-state index is -0.285. The Morgan fingerprint density at radius 3 is 2.62 bits per heavy atom. The van der Waals surface area contributed by atoms with Crippen molar-refractivity contribution in [3.8, 4) is 11.4 Å². The van der Waals surface area contributed by atoms with Crippen LogP contribution in [-0.2, 0) is 0 Å². The lowest BCUT2D eigenvalue weighted by Gasteiger charge is -1.95. The van der Waals surface area contributed by atoms with E-state index in [9.17, 15) is 4.39 Å². The van der Waals surface area contributed by atoms with E-state index in [1.807, 2.05) is 18.2 Å². The molecule has 5 nitrogen and oxygen atoms in total. The van der Waals surface area contributed by atoms with E-state index < -0.39 is 0 Å². The average molecular weight is 281 g/mol. The van der Waals surface area contributed by atoms with Crippen molar-refractivity contribution in [2.75, 3.05) is 5.73 Å². The van der Waals surface area contributed by atoms with Crippen LogP contribution in [0.25, 0.3) is 11.4 Å². The number of nitrogen functional groups attached to an aromatic ring is 1. The Bertz CT molecular complexity index is 763. The number of aromatic nitrogens is 3. The Hall–Kier alpha value is -3.02. The van der Waals surface area contributed by atoms with Crippen molar-refractivity contribution in [3.05, 3.63) is 66.2 Å². The van der Waals surface area contributed by atoms with Gasteiger partial charge in [0.05, 0.1) is 18.1 Å². The number of hydrogen-bond donors (Lipinski definition) is 1. The summed E-state index contributed by atoms with van der Waals surface area (Å²) < 4.78 is 14.3. The standard InChI is InChI=1S/C15H12FN5/c16-12-6-4-11(5-7-12)9-19-21-10-14(20-15(21)17)13-3-1-2-8-18-13/h1-10H,(H2,17,20)/b19-9-. The molecule has 3 rings (SSSR count). The van der Waals surface area contributed by atoms with E-state index in [0.29, 0.717) is 5.69 Å². The Balaban J connectivity index is 1.86. The van der Waals surface area contributed by atoms with Gasteiger partial charge < -0.3 is 5.73 Å². The summed E-state index contributed by atoms with van der Waals surface area (Å²) in [5.41, 5.74) is 7.95. The van der Waals surface area contributed by atoms with Crippen LogP contribution >= 0.6 is 0 Å². The molecule has 0 saturated heterocycles. The fourth-order valence-corrected chi connectivity index (χ4v) is 1.79. The fraction of sp³-hybridized carbons (Fsp3) is 0. The van der Waals surface area contributed by atoms with Crippen LogP contribution in [0.4, 0.5) is 10.3 Å². The molecule has 0 radical (unpaired) electrons. The van der Waals surface area contributed by atoms with Gasteiger partial charge in [-0.3, -0.25) is 4.98 Å². The van der Waals surface area contributed by atoms with Gasteiger partial charge in [-0.15, -0.1) is 0 Å². The molecule has 0 aliphatic carbocycles. The Kier molecular flexibility index (Phi) is 3.42. The second-order valence-electron chi connectivity index (χ2n) is 4.34. The van der Waals surface area contributed by atoms with E-state index in [0.717, 1.165) is 11.3 Å². The molecular weight excluding hydrogens is 269 g/mol. The number of anilines is 1. The van der Waals surface area contributed by atoms with Crippen LogP contribution < -0.4 is 5.73 Å². The van der Waals surface area contributed by atoms with Gasteiger partial charge in [0.2, 0.25) is 5.95 Å². The number of nitrogens with zero attached hydrogens (tertiary/aromatic N) is 4. The highest BCUT2D eigenvalue weighted by atomic mass is 19.1. The number of rotatable bonds is 3. The first-order valence-corrected chi connectivity index (χ1v) is 6.28. The van der Waals surface area contributed by atoms with Crippen LogP contribution in [0.2, 0.25) is 0 Å². The van der Waals surface area contributed by atoms with Crippen LogP contribution in [0.3, 0.4) is 0 Å². The first kappa shape index (κ1) is 13.0. The molecule has 0 atom stereocenters. The van der Waals surface area contributed by atoms with Crippen molar-refractivity contribution in [1.29, 1.82) is 0 Å². The van der Waals surface area contributed by atoms with E-state index in [1.165, 1.54) is 16.8 Å². The zero-order valence-electron chi connectivity index (χ0n) is 11.0. The molecule has 0 spiro atoms. The molecule has 104 valence electrons. The van der Waals surface area contributed by atoms with Gasteiger partial charge >= 0.3 is 0 Å². The lowest BCUT2D eigenvalue weighted by molar-refractivity contribution is 0.628. The van der Waals surface area contributed by atoms with Gasteiger partial charge in [-0.2, -0.15) is 5.10 Å². The normalized spacial score (nSPS) is 11.1. The average Bonchev–Trinajstić information content (AvgIpc) is 2.89. The molecule has 0 aliphatic rings. The molecule has 0 bridgehead atoms. The number of halogens is 1. The Morgan fingerprint density at radius 1 is 1.10 bits per heavy atom. The number of benzene rings is 1. The van der Waals surface area contributed by atoms with Gasteiger partial charge in [0.15, 0.2) is 0 Å². The quantitative estimate of drug-likeness (QED) is 0.750. The zero-order chi connectivity index (χ0) is 14.7. The molecule has 0 amide bonds. The molecule has 2 heterocycles. The monoisotopic (exact) mass is 281 g/mol. The van der Waals surface area contributed by atoms with Crippen molar-refractivity contribution in [3.63, 3.8) is 0 Å². The van der Waals surface area contributed by atoms with E-state index in [4.69, 9.17) is 5.73 Å².